The van der Waals surface area contributed by atoms with Gasteiger partial charge in [-0.25, -0.2) is 0 Å². The molecule has 2 rings (SSSR count). The predicted octanol–water partition coefficient (Wildman–Crippen LogP) is 5.58. The molecule has 0 amide bonds. The van der Waals surface area contributed by atoms with Gasteiger partial charge < -0.3 is 10.6 Å². The summed E-state index contributed by atoms with van der Waals surface area (Å²) in [6.45, 7) is 7.28. The predicted molar refractivity (Wildman–Crippen MR) is 108 cm³/mol. The molecule has 0 aliphatic rings. The van der Waals surface area contributed by atoms with E-state index in [1.165, 1.54) is 11.1 Å². The second kappa shape index (κ2) is 9.05. The highest BCUT2D eigenvalue weighted by molar-refractivity contribution is 7.80. The third kappa shape index (κ3) is 5.50. The van der Waals surface area contributed by atoms with Gasteiger partial charge in [0.1, 0.15) is 0 Å². The number of hydrogen-bond donors (Lipinski definition) is 2. The second-order valence-electron chi connectivity index (χ2n) is 6.15. The first kappa shape index (κ1) is 18.8. The molecule has 2 aromatic rings. The van der Waals surface area contributed by atoms with Gasteiger partial charge >= 0.3 is 0 Å². The van der Waals surface area contributed by atoms with Crippen LogP contribution in [0.15, 0.2) is 48.5 Å². The van der Waals surface area contributed by atoms with Gasteiger partial charge in [0.15, 0.2) is 5.11 Å². The highest BCUT2D eigenvalue weighted by atomic mass is 35.5. The fourth-order valence-electron chi connectivity index (χ4n) is 2.46. The van der Waals surface area contributed by atoms with Crippen molar-refractivity contribution in [3.63, 3.8) is 0 Å². The molecule has 4 heteroatoms. The lowest BCUT2D eigenvalue weighted by atomic mass is 9.96. The number of nitrogens with one attached hydrogen (secondary N) is 2. The van der Waals surface area contributed by atoms with E-state index in [0.29, 0.717) is 17.6 Å². The van der Waals surface area contributed by atoms with Gasteiger partial charge in [-0.15, -0.1) is 0 Å². The molecule has 0 spiro atoms. The highest BCUT2D eigenvalue weighted by Gasteiger charge is 2.08. The molecule has 128 valence electrons. The quantitative estimate of drug-likeness (QED) is 0.657. The van der Waals surface area contributed by atoms with E-state index in [1.807, 2.05) is 24.3 Å². The van der Waals surface area contributed by atoms with Gasteiger partial charge in [0.05, 0.1) is 6.04 Å². The average Bonchev–Trinajstić information content (AvgIpc) is 2.60. The summed E-state index contributed by atoms with van der Waals surface area (Å²) in [7, 11) is 0. The molecule has 0 saturated carbocycles. The van der Waals surface area contributed by atoms with Gasteiger partial charge in [-0.2, -0.15) is 0 Å². The first-order valence-corrected chi connectivity index (χ1v) is 9.17. The molecule has 2 unspecified atom stereocenters. The highest BCUT2D eigenvalue weighted by Crippen LogP contribution is 2.21. The van der Waals surface area contributed by atoms with Crippen LogP contribution in [0.25, 0.3) is 0 Å². The minimum absolute atomic E-state index is 0.168. The van der Waals surface area contributed by atoms with Crippen LogP contribution in [-0.2, 0) is 6.54 Å². The van der Waals surface area contributed by atoms with Crippen molar-refractivity contribution in [3.05, 3.63) is 70.2 Å². The van der Waals surface area contributed by atoms with E-state index < -0.39 is 0 Å². The Morgan fingerprint density at radius 1 is 1.00 bits per heavy atom. The molecule has 24 heavy (non-hydrogen) atoms. The Balaban J connectivity index is 1.85. The fourth-order valence-corrected chi connectivity index (χ4v) is 2.84. The number of benzene rings is 2. The van der Waals surface area contributed by atoms with E-state index in [0.717, 1.165) is 17.0 Å². The summed E-state index contributed by atoms with van der Waals surface area (Å²) in [5, 5.41) is 7.97. The summed E-state index contributed by atoms with van der Waals surface area (Å²) in [4.78, 5) is 0. The molecule has 0 heterocycles. The number of hydrogen-bond acceptors (Lipinski definition) is 1. The Kier molecular flexibility index (Phi) is 7.07. The van der Waals surface area contributed by atoms with Gasteiger partial charge in [0, 0.05) is 11.6 Å². The van der Waals surface area contributed by atoms with Crippen molar-refractivity contribution in [2.75, 3.05) is 0 Å². The van der Waals surface area contributed by atoms with Crippen molar-refractivity contribution < 1.29 is 0 Å². The molecule has 2 atom stereocenters. The topological polar surface area (TPSA) is 24.1 Å². The number of rotatable bonds is 6. The first-order chi connectivity index (χ1) is 11.5. The van der Waals surface area contributed by atoms with Crippen LogP contribution < -0.4 is 10.6 Å². The molecular weight excluding hydrogens is 336 g/mol. The number of thiocarbonyl (C=S) groups is 1. The molecule has 0 aliphatic heterocycles. The molecule has 0 bridgehead atoms. The SMILES string of the molecule is CCC(C)c1ccc(C(C)NC(=S)NCc2ccc(Cl)cc2)cc1. The molecule has 0 radical (unpaired) electrons. The molecule has 0 aromatic heterocycles. The molecule has 2 N–H and O–H groups in total. The van der Waals surface area contributed by atoms with Crippen molar-refractivity contribution >= 4 is 28.9 Å². The van der Waals surface area contributed by atoms with Crippen LogP contribution in [0.5, 0.6) is 0 Å². The van der Waals surface area contributed by atoms with Crippen LogP contribution in [0.4, 0.5) is 0 Å². The summed E-state index contributed by atoms with van der Waals surface area (Å²) in [6.07, 6.45) is 1.16. The molecular formula is C20H25ClN2S. The van der Waals surface area contributed by atoms with E-state index in [4.69, 9.17) is 23.8 Å². The molecule has 0 saturated heterocycles. The molecule has 2 aromatic carbocycles. The Morgan fingerprint density at radius 2 is 1.58 bits per heavy atom. The normalized spacial score (nSPS) is 13.2. The lowest BCUT2D eigenvalue weighted by Crippen LogP contribution is -2.36. The summed E-state index contributed by atoms with van der Waals surface area (Å²) in [5.41, 5.74) is 3.77. The van der Waals surface area contributed by atoms with Crippen molar-refractivity contribution in [2.24, 2.45) is 0 Å². The third-order valence-electron chi connectivity index (χ3n) is 4.33. The van der Waals surface area contributed by atoms with Crippen molar-refractivity contribution in [3.8, 4) is 0 Å². The standard InChI is InChI=1S/C20H25ClN2S/c1-4-14(2)17-7-9-18(10-8-17)15(3)23-20(24)22-13-16-5-11-19(21)12-6-16/h5-12,14-15H,4,13H2,1-3H3,(H2,22,23,24). The Hall–Kier alpha value is -1.58. The number of halogens is 1. The maximum absolute atomic E-state index is 5.89. The van der Waals surface area contributed by atoms with E-state index in [1.54, 1.807) is 0 Å². The summed E-state index contributed by atoms with van der Waals surface area (Å²) in [5.74, 6) is 0.601. The largest absolute Gasteiger partial charge is 0.359 e. The molecule has 0 aliphatic carbocycles. The smallest absolute Gasteiger partial charge is 0.167 e. The van der Waals surface area contributed by atoms with Crippen LogP contribution in [0.3, 0.4) is 0 Å². The minimum atomic E-state index is 0.168. The lowest BCUT2D eigenvalue weighted by molar-refractivity contribution is 0.693. The molecule has 2 nitrogen and oxygen atoms in total. The first-order valence-electron chi connectivity index (χ1n) is 8.38. The minimum Gasteiger partial charge on any atom is -0.359 e. The van der Waals surface area contributed by atoms with E-state index in [-0.39, 0.29) is 6.04 Å². The van der Waals surface area contributed by atoms with E-state index >= 15 is 0 Å². The van der Waals surface area contributed by atoms with Gasteiger partial charge in [-0.3, -0.25) is 0 Å². The maximum atomic E-state index is 5.89. The van der Waals surface area contributed by atoms with Crippen LogP contribution in [0, 0.1) is 0 Å². The third-order valence-corrected chi connectivity index (χ3v) is 4.85. The zero-order chi connectivity index (χ0) is 17.5. The zero-order valence-electron chi connectivity index (χ0n) is 14.5. The van der Waals surface area contributed by atoms with Crippen LogP contribution in [0.2, 0.25) is 5.02 Å². The van der Waals surface area contributed by atoms with Gasteiger partial charge in [0.2, 0.25) is 0 Å². The van der Waals surface area contributed by atoms with Crippen molar-refractivity contribution in [2.45, 2.75) is 45.7 Å². The van der Waals surface area contributed by atoms with Crippen LogP contribution >= 0.6 is 23.8 Å². The summed E-state index contributed by atoms with van der Waals surface area (Å²) >= 11 is 11.3. The van der Waals surface area contributed by atoms with Gasteiger partial charge in [-0.1, -0.05) is 61.8 Å². The monoisotopic (exact) mass is 360 g/mol. The lowest BCUT2D eigenvalue weighted by Gasteiger charge is -2.18. The van der Waals surface area contributed by atoms with Crippen molar-refractivity contribution in [1.29, 1.82) is 0 Å². The summed E-state index contributed by atoms with van der Waals surface area (Å²) in [6, 6.07) is 16.7. The summed E-state index contributed by atoms with van der Waals surface area (Å²) < 4.78 is 0. The van der Waals surface area contributed by atoms with Crippen LogP contribution in [0.1, 0.15) is 55.8 Å². The van der Waals surface area contributed by atoms with Crippen LogP contribution in [-0.4, -0.2) is 5.11 Å². The van der Waals surface area contributed by atoms with Gasteiger partial charge in [-0.05, 0) is 60.3 Å². The van der Waals surface area contributed by atoms with E-state index in [2.05, 4.69) is 55.7 Å². The Bertz CT molecular complexity index is 652. The molecule has 0 fully saturated rings. The maximum Gasteiger partial charge on any atom is 0.167 e. The average molecular weight is 361 g/mol. The van der Waals surface area contributed by atoms with Crippen molar-refractivity contribution in [1.82, 2.24) is 10.6 Å². The Morgan fingerprint density at radius 3 is 2.17 bits per heavy atom. The Labute approximate surface area is 155 Å². The second-order valence-corrected chi connectivity index (χ2v) is 7.00. The van der Waals surface area contributed by atoms with E-state index in [9.17, 15) is 0 Å². The zero-order valence-corrected chi connectivity index (χ0v) is 16.0. The van der Waals surface area contributed by atoms with Gasteiger partial charge in [0.25, 0.3) is 0 Å². The fraction of sp³-hybridized carbons (Fsp3) is 0.350.